The summed E-state index contributed by atoms with van der Waals surface area (Å²) in [6, 6.07) is 10.6. The van der Waals surface area contributed by atoms with Crippen molar-refractivity contribution in [2.75, 3.05) is 19.7 Å². The summed E-state index contributed by atoms with van der Waals surface area (Å²) >= 11 is 0. The zero-order valence-electron chi connectivity index (χ0n) is 12.5. The maximum absolute atomic E-state index is 12.4. The molecular formula is C17H24N2O2. The number of para-hydroxylation sites is 1. The van der Waals surface area contributed by atoms with Gasteiger partial charge < -0.3 is 15.0 Å². The Balaban J connectivity index is 1.48. The highest BCUT2D eigenvalue weighted by Crippen LogP contribution is 2.25. The lowest BCUT2D eigenvalue weighted by atomic mass is 10.0. The van der Waals surface area contributed by atoms with E-state index in [0.29, 0.717) is 25.1 Å². The van der Waals surface area contributed by atoms with Crippen molar-refractivity contribution >= 4 is 5.91 Å². The lowest BCUT2D eigenvalue weighted by Crippen LogP contribution is -2.46. The molecule has 4 heteroatoms. The zero-order chi connectivity index (χ0) is 14.5. The van der Waals surface area contributed by atoms with Gasteiger partial charge in [0.2, 0.25) is 5.91 Å². The van der Waals surface area contributed by atoms with Crippen molar-refractivity contribution in [3.63, 3.8) is 0 Å². The number of hydrogen-bond donors (Lipinski definition) is 1. The number of carbonyl (C=O) groups is 1. The van der Waals surface area contributed by atoms with Gasteiger partial charge in [0.1, 0.15) is 5.75 Å². The van der Waals surface area contributed by atoms with E-state index in [1.54, 1.807) is 0 Å². The topological polar surface area (TPSA) is 41.6 Å². The molecule has 0 aliphatic carbocycles. The third-order valence-corrected chi connectivity index (χ3v) is 4.51. The number of likely N-dealkylation sites (tertiary alicyclic amines) is 1. The molecule has 0 bridgehead atoms. The second-order valence-corrected chi connectivity index (χ2v) is 5.91. The van der Waals surface area contributed by atoms with Gasteiger partial charge in [-0.15, -0.1) is 0 Å². The third kappa shape index (κ3) is 3.56. The minimum atomic E-state index is 0.238. The second kappa shape index (κ2) is 6.94. The van der Waals surface area contributed by atoms with E-state index in [4.69, 9.17) is 4.74 Å². The van der Waals surface area contributed by atoms with Crippen molar-refractivity contribution in [1.82, 2.24) is 10.2 Å². The van der Waals surface area contributed by atoms with Crippen LogP contribution in [0.5, 0.6) is 5.75 Å². The van der Waals surface area contributed by atoms with Crippen LogP contribution >= 0.6 is 0 Å². The molecule has 2 fully saturated rings. The molecule has 3 rings (SSSR count). The normalized spacial score (nSPS) is 25.2. The minimum Gasteiger partial charge on any atom is -0.493 e. The lowest BCUT2D eigenvalue weighted by Gasteiger charge is -2.29. The fourth-order valence-corrected chi connectivity index (χ4v) is 3.48. The summed E-state index contributed by atoms with van der Waals surface area (Å²) in [5.74, 6) is 1.07. The van der Waals surface area contributed by atoms with E-state index in [1.165, 1.54) is 12.8 Å². The first-order valence-corrected chi connectivity index (χ1v) is 8.05. The SMILES string of the molecule is O=C(CCOc1ccccc1)N1CCCC1C1CCCN1. The maximum atomic E-state index is 12.4. The third-order valence-electron chi connectivity index (χ3n) is 4.51. The Bertz CT molecular complexity index is 457. The van der Waals surface area contributed by atoms with E-state index in [1.807, 2.05) is 30.3 Å². The largest absolute Gasteiger partial charge is 0.493 e. The molecule has 114 valence electrons. The average molecular weight is 288 g/mol. The Morgan fingerprint density at radius 2 is 2.10 bits per heavy atom. The number of benzene rings is 1. The summed E-state index contributed by atoms with van der Waals surface area (Å²) in [5.41, 5.74) is 0. The highest BCUT2D eigenvalue weighted by molar-refractivity contribution is 5.77. The molecule has 2 unspecified atom stereocenters. The molecule has 1 aromatic rings. The van der Waals surface area contributed by atoms with Gasteiger partial charge in [-0.3, -0.25) is 4.79 Å². The maximum Gasteiger partial charge on any atom is 0.226 e. The molecule has 1 N–H and O–H groups in total. The zero-order valence-corrected chi connectivity index (χ0v) is 12.5. The van der Waals surface area contributed by atoms with E-state index in [2.05, 4.69) is 10.2 Å². The van der Waals surface area contributed by atoms with Crippen molar-refractivity contribution < 1.29 is 9.53 Å². The van der Waals surface area contributed by atoms with Gasteiger partial charge in [-0.25, -0.2) is 0 Å². The first kappa shape index (κ1) is 14.4. The van der Waals surface area contributed by atoms with E-state index in [0.717, 1.165) is 31.7 Å². The molecule has 1 aromatic carbocycles. The molecule has 1 amide bonds. The van der Waals surface area contributed by atoms with E-state index >= 15 is 0 Å². The molecule has 2 heterocycles. The Morgan fingerprint density at radius 1 is 1.24 bits per heavy atom. The van der Waals surface area contributed by atoms with Crippen LogP contribution in [0, 0.1) is 0 Å². The smallest absolute Gasteiger partial charge is 0.226 e. The van der Waals surface area contributed by atoms with Gasteiger partial charge in [-0.1, -0.05) is 18.2 Å². The predicted molar refractivity (Wildman–Crippen MR) is 82.3 cm³/mol. The lowest BCUT2D eigenvalue weighted by molar-refractivity contribution is -0.133. The van der Waals surface area contributed by atoms with Gasteiger partial charge in [-0.2, -0.15) is 0 Å². The summed E-state index contributed by atoms with van der Waals surface area (Å²) < 4.78 is 5.63. The average Bonchev–Trinajstić information content (AvgIpc) is 3.19. The molecule has 2 aliphatic heterocycles. The fraction of sp³-hybridized carbons (Fsp3) is 0.588. The number of hydrogen-bond acceptors (Lipinski definition) is 3. The standard InChI is InChI=1S/C17H24N2O2/c20-17(10-13-21-14-6-2-1-3-7-14)19-12-5-9-16(19)15-8-4-11-18-15/h1-3,6-7,15-16,18H,4-5,8-13H2. The van der Waals surface area contributed by atoms with Crippen molar-refractivity contribution in [3.05, 3.63) is 30.3 Å². The monoisotopic (exact) mass is 288 g/mol. The Hall–Kier alpha value is -1.55. The van der Waals surface area contributed by atoms with Crippen LogP contribution in [0.2, 0.25) is 0 Å². The summed E-state index contributed by atoms with van der Waals surface area (Å²) in [5, 5.41) is 3.54. The molecule has 0 spiro atoms. The Labute approximate surface area is 126 Å². The summed E-state index contributed by atoms with van der Waals surface area (Å²) in [4.78, 5) is 14.5. The van der Waals surface area contributed by atoms with Crippen LogP contribution < -0.4 is 10.1 Å². The molecule has 0 radical (unpaired) electrons. The fourth-order valence-electron chi connectivity index (χ4n) is 3.48. The number of rotatable bonds is 5. The van der Waals surface area contributed by atoms with Crippen LogP contribution in [0.15, 0.2) is 30.3 Å². The quantitative estimate of drug-likeness (QED) is 0.903. The minimum absolute atomic E-state index is 0.238. The van der Waals surface area contributed by atoms with Crippen LogP contribution in [0.25, 0.3) is 0 Å². The van der Waals surface area contributed by atoms with Crippen molar-refractivity contribution in [2.45, 2.75) is 44.2 Å². The number of nitrogens with one attached hydrogen (secondary N) is 1. The Morgan fingerprint density at radius 3 is 2.86 bits per heavy atom. The molecule has 21 heavy (non-hydrogen) atoms. The van der Waals surface area contributed by atoms with Gasteiger partial charge in [0.15, 0.2) is 0 Å². The summed E-state index contributed by atoms with van der Waals surface area (Å²) in [7, 11) is 0. The first-order valence-electron chi connectivity index (χ1n) is 8.05. The molecule has 2 saturated heterocycles. The van der Waals surface area contributed by atoms with Gasteiger partial charge in [0, 0.05) is 18.6 Å². The Kier molecular flexibility index (Phi) is 4.76. The number of amides is 1. The van der Waals surface area contributed by atoms with Crippen LogP contribution in [0.4, 0.5) is 0 Å². The van der Waals surface area contributed by atoms with Crippen molar-refractivity contribution in [2.24, 2.45) is 0 Å². The molecule has 0 aromatic heterocycles. The predicted octanol–water partition coefficient (Wildman–Crippen LogP) is 2.20. The van der Waals surface area contributed by atoms with Crippen molar-refractivity contribution in [1.29, 1.82) is 0 Å². The number of carbonyl (C=O) groups excluding carboxylic acids is 1. The van der Waals surface area contributed by atoms with E-state index < -0.39 is 0 Å². The van der Waals surface area contributed by atoms with Gasteiger partial charge in [0.05, 0.1) is 13.0 Å². The van der Waals surface area contributed by atoms with E-state index in [-0.39, 0.29) is 5.91 Å². The second-order valence-electron chi connectivity index (χ2n) is 5.91. The molecule has 0 saturated carbocycles. The van der Waals surface area contributed by atoms with Gasteiger partial charge >= 0.3 is 0 Å². The van der Waals surface area contributed by atoms with Gasteiger partial charge in [-0.05, 0) is 44.4 Å². The van der Waals surface area contributed by atoms with Crippen LogP contribution in [0.1, 0.15) is 32.1 Å². The number of nitrogens with zero attached hydrogens (tertiary/aromatic N) is 1. The molecular weight excluding hydrogens is 264 g/mol. The van der Waals surface area contributed by atoms with Crippen LogP contribution in [-0.4, -0.2) is 42.6 Å². The van der Waals surface area contributed by atoms with Gasteiger partial charge in [0.25, 0.3) is 0 Å². The summed E-state index contributed by atoms with van der Waals surface area (Å²) in [6.45, 7) is 2.47. The van der Waals surface area contributed by atoms with E-state index in [9.17, 15) is 4.79 Å². The van der Waals surface area contributed by atoms with Crippen LogP contribution in [-0.2, 0) is 4.79 Å². The van der Waals surface area contributed by atoms with Crippen LogP contribution in [0.3, 0.4) is 0 Å². The van der Waals surface area contributed by atoms with Crippen molar-refractivity contribution in [3.8, 4) is 5.75 Å². The number of ether oxygens (including phenoxy) is 1. The molecule has 2 aliphatic rings. The molecule has 2 atom stereocenters. The first-order chi connectivity index (χ1) is 10.3. The highest BCUT2D eigenvalue weighted by Gasteiger charge is 2.35. The molecule has 4 nitrogen and oxygen atoms in total. The highest BCUT2D eigenvalue weighted by atomic mass is 16.5. The summed E-state index contributed by atoms with van der Waals surface area (Å²) in [6.07, 6.45) is 5.18.